The summed E-state index contributed by atoms with van der Waals surface area (Å²) >= 11 is 0. The van der Waals surface area contributed by atoms with Crippen molar-refractivity contribution in [2.24, 2.45) is 5.84 Å². The summed E-state index contributed by atoms with van der Waals surface area (Å²) in [7, 11) is 0. The normalized spacial score (nSPS) is 12.5. The molecule has 0 bridgehead atoms. The van der Waals surface area contributed by atoms with Gasteiger partial charge in [0.15, 0.2) is 0 Å². The van der Waals surface area contributed by atoms with Crippen LogP contribution in [0.15, 0.2) is 30.4 Å². The van der Waals surface area contributed by atoms with Crippen LogP contribution < -0.4 is 11.3 Å². The fraction of sp³-hybridized carbons (Fsp3) is 0.417. The maximum atomic E-state index is 5.52. The molecular formula is C12H19N3. The SMILES string of the molecule is C=C(C)CCC(NN)c1cccc(C)n1. The minimum absolute atomic E-state index is 0.113. The zero-order valence-electron chi connectivity index (χ0n) is 9.46. The second kappa shape index (κ2) is 5.63. The highest BCUT2D eigenvalue weighted by Crippen LogP contribution is 2.17. The third-order valence-corrected chi connectivity index (χ3v) is 2.33. The van der Waals surface area contributed by atoms with Gasteiger partial charge in [-0.2, -0.15) is 0 Å². The molecule has 1 aromatic heterocycles. The van der Waals surface area contributed by atoms with E-state index in [2.05, 4.69) is 17.0 Å². The molecule has 1 heterocycles. The maximum absolute atomic E-state index is 5.52. The van der Waals surface area contributed by atoms with Crippen LogP contribution in [0, 0.1) is 6.92 Å². The van der Waals surface area contributed by atoms with E-state index in [-0.39, 0.29) is 6.04 Å². The van der Waals surface area contributed by atoms with Crippen molar-refractivity contribution in [2.45, 2.75) is 32.7 Å². The summed E-state index contributed by atoms with van der Waals surface area (Å²) in [5.41, 5.74) is 5.98. The molecule has 0 aliphatic rings. The number of pyridine rings is 1. The molecule has 1 atom stereocenters. The highest BCUT2D eigenvalue weighted by atomic mass is 15.2. The fourth-order valence-corrected chi connectivity index (χ4v) is 1.47. The van der Waals surface area contributed by atoms with E-state index in [1.54, 1.807) is 0 Å². The molecule has 0 aromatic carbocycles. The quantitative estimate of drug-likeness (QED) is 0.440. The van der Waals surface area contributed by atoms with E-state index in [0.717, 1.165) is 24.2 Å². The molecule has 0 fully saturated rings. The Morgan fingerprint density at radius 3 is 2.87 bits per heavy atom. The van der Waals surface area contributed by atoms with Crippen molar-refractivity contribution < 1.29 is 0 Å². The molecule has 3 nitrogen and oxygen atoms in total. The molecule has 1 rings (SSSR count). The Balaban J connectivity index is 2.69. The predicted molar refractivity (Wildman–Crippen MR) is 63.1 cm³/mol. The smallest absolute Gasteiger partial charge is 0.0635 e. The number of allylic oxidation sites excluding steroid dienone is 1. The summed E-state index contributed by atoms with van der Waals surface area (Å²) in [6.07, 6.45) is 1.90. The molecule has 0 aliphatic carbocycles. The predicted octanol–water partition coefficient (Wildman–Crippen LogP) is 2.25. The van der Waals surface area contributed by atoms with E-state index >= 15 is 0 Å². The van der Waals surface area contributed by atoms with Crippen LogP contribution in [0.1, 0.15) is 37.2 Å². The van der Waals surface area contributed by atoms with Crippen LogP contribution in [0.4, 0.5) is 0 Å². The lowest BCUT2D eigenvalue weighted by atomic mass is 10.0. The standard InChI is InChI=1S/C12H19N3/c1-9(2)7-8-12(15-13)11-6-4-5-10(3)14-11/h4-6,12,15H,1,7-8,13H2,2-3H3. The van der Waals surface area contributed by atoms with Crippen molar-refractivity contribution in [2.75, 3.05) is 0 Å². The lowest BCUT2D eigenvalue weighted by Crippen LogP contribution is -2.28. The molecule has 0 saturated heterocycles. The number of rotatable bonds is 5. The van der Waals surface area contributed by atoms with E-state index < -0.39 is 0 Å². The fourth-order valence-electron chi connectivity index (χ4n) is 1.47. The van der Waals surface area contributed by atoms with E-state index in [4.69, 9.17) is 5.84 Å². The average molecular weight is 205 g/mol. The highest BCUT2D eigenvalue weighted by Gasteiger charge is 2.10. The zero-order valence-corrected chi connectivity index (χ0v) is 9.46. The number of hydrogen-bond donors (Lipinski definition) is 2. The highest BCUT2D eigenvalue weighted by molar-refractivity contribution is 5.13. The van der Waals surface area contributed by atoms with E-state index in [1.165, 1.54) is 5.57 Å². The lowest BCUT2D eigenvalue weighted by Gasteiger charge is -2.15. The summed E-state index contributed by atoms with van der Waals surface area (Å²) in [5.74, 6) is 5.52. The van der Waals surface area contributed by atoms with Crippen LogP contribution in [-0.4, -0.2) is 4.98 Å². The number of nitrogens with zero attached hydrogens (tertiary/aromatic N) is 1. The Bertz CT molecular complexity index is 333. The molecule has 0 spiro atoms. The molecule has 0 radical (unpaired) electrons. The van der Waals surface area contributed by atoms with Crippen molar-refractivity contribution in [3.8, 4) is 0 Å². The number of aromatic nitrogens is 1. The van der Waals surface area contributed by atoms with Crippen LogP contribution in [-0.2, 0) is 0 Å². The van der Waals surface area contributed by atoms with Gasteiger partial charge in [-0.25, -0.2) is 0 Å². The largest absolute Gasteiger partial charge is 0.271 e. The van der Waals surface area contributed by atoms with Crippen LogP contribution >= 0.6 is 0 Å². The number of nitrogens with two attached hydrogens (primary N) is 1. The van der Waals surface area contributed by atoms with Crippen LogP contribution in [0.2, 0.25) is 0 Å². The van der Waals surface area contributed by atoms with Gasteiger partial charge in [0.05, 0.1) is 11.7 Å². The van der Waals surface area contributed by atoms with Gasteiger partial charge in [-0.15, -0.1) is 6.58 Å². The topological polar surface area (TPSA) is 50.9 Å². The molecule has 3 N–H and O–H groups in total. The lowest BCUT2D eigenvalue weighted by molar-refractivity contribution is 0.503. The van der Waals surface area contributed by atoms with Gasteiger partial charge >= 0.3 is 0 Å². The molecule has 82 valence electrons. The number of nitrogens with one attached hydrogen (secondary N) is 1. The second-order valence-electron chi connectivity index (χ2n) is 3.92. The molecule has 0 saturated carbocycles. The first-order valence-electron chi connectivity index (χ1n) is 5.17. The Kier molecular flexibility index (Phi) is 4.46. The molecule has 1 unspecified atom stereocenters. The van der Waals surface area contributed by atoms with Gasteiger partial charge in [-0.05, 0) is 38.8 Å². The van der Waals surface area contributed by atoms with Gasteiger partial charge in [0.1, 0.15) is 0 Å². The second-order valence-corrected chi connectivity index (χ2v) is 3.92. The van der Waals surface area contributed by atoms with Crippen molar-refractivity contribution in [3.63, 3.8) is 0 Å². The number of hydrogen-bond acceptors (Lipinski definition) is 3. The van der Waals surface area contributed by atoms with Gasteiger partial charge in [-0.3, -0.25) is 16.3 Å². The molecule has 0 aliphatic heterocycles. The Labute approximate surface area is 91.4 Å². The summed E-state index contributed by atoms with van der Waals surface area (Å²) in [6.45, 7) is 7.89. The zero-order chi connectivity index (χ0) is 11.3. The number of hydrazine groups is 1. The maximum Gasteiger partial charge on any atom is 0.0635 e. The van der Waals surface area contributed by atoms with Gasteiger partial charge in [0.25, 0.3) is 0 Å². The van der Waals surface area contributed by atoms with Crippen molar-refractivity contribution in [3.05, 3.63) is 41.7 Å². The third-order valence-electron chi connectivity index (χ3n) is 2.33. The molecule has 0 amide bonds. The van der Waals surface area contributed by atoms with Gasteiger partial charge in [0.2, 0.25) is 0 Å². The van der Waals surface area contributed by atoms with E-state index in [9.17, 15) is 0 Å². The summed E-state index contributed by atoms with van der Waals surface area (Å²) in [4.78, 5) is 4.45. The van der Waals surface area contributed by atoms with Crippen molar-refractivity contribution in [1.29, 1.82) is 0 Å². The third kappa shape index (κ3) is 3.81. The average Bonchev–Trinajstić information content (AvgIpc) is 2.18. The Morgan fingerprint density at radius 1 is 1.60 bits per heavy atom. The minimum Gasteiger partial charge on any atom is -0.271 e. The first-order valence-corrected chi connectivity index (χ1v) is 5.17. The van der Waals surface area contributed by atoms with Crippen molar-refractivity contribution in [1.82, 2.24) is 10.4 Å². The van der Waals surface area contributed by atoms with E-state index in [1.807, 2.05) is 32.0 Å². The Hall–Kier alpha value is -1.19. The van der Waals surface area contributed by atoms with Gasteiger partial charge < -0.3 is 0 Å². The summed E-state index contributed by atoms with van der Waals surface area (Å²) in [5, 5.41) is 0. The van der Waals surface area contributed by atoms with E-state index in [0.29, 0.717) is 0 Å². The summed E-state index contributed by atoms with van der Waals surface area (Å²) in [6, 6.07) is 6.09. The first-order chi connectivity index (χ1) is 7.13. The van der Waals surface area contributed by atoms with Crippen LogP contribution in [0.3, 0.4) is 0 Å². The monoisotopic (exact) mass is 205 g/mol. The molecule has 1 aromatic rings. The number of aryl methyl sites for hydroxylation is 1. The molecule has 3 heteroatoms. The first kappa shape index (κ1) is 11.9. The minimum atomic E-state index is 0.113. The van der Waals surface area contributed by atoms with Crippen LogP contribution in [0.25, 0.3) is 0 Å². The van der Waals surface area contributed by atoms with Crippen LogP contribution in [0.5, 0.6) is 0 Å². The molecule has 15 heavy (non-hydrogen) atoms. The summed E-state index contributed by atoms with van der Waals surface area (Å²) < 4.78 is 0. The van der Waals surface area contributed by atoms with Crippen molar-refractivity contribution >= 4 is 0 Å². The van der Waals surface area contributed by atoms with Gasteiger partial charge in [0, 0.05) is 5.69 Å². The molecular weight excluding hydrogens is 186 g/mol. The van der Waals surface area contributed by atoms with Gasteiger partial charge in [-0.1, -0.05) is 11.6 Å². The Morgan fingerprint density at radius 2 is 2.33 bits per heavy atom.